The Morgan fingerprint density at radius 1 is 1.30 bits per heavy atom. The number of likely N-dealkylation sites (tertiary alicyclic amines) is 1. The third-order valence-electron chi connectivity index (χ3n) is 5.70. The Morgan fingerprint density at radius 3 is 2.81 bits per heavy atom. The fourth-order valence-electron chi connectivity index (χ4n) is 3.98. The molecule has 1 aliphatic heterocycles. The first kappa shape index (κ1) is 16.4. The standard InChI is InChI=1S/C17H17N7O2S/c18-5-4-16(9-23(10-16)17(2-3-17)27(25)26)24-8-12(7-22-24)14-13-1-6-19-15(13)21-11-20-14/h1,6-8,11,27H,2-4,9-10H2,(H,19,20,21). The Kier molecular flexibility index (Phi) is 3.41. The van der Waals surface area contributed by atoms with E-state index in [0.717, 1.165) is 22.3 Å². The maximum Gasteiger partial charge on any atom is 0.159 e. The van der Waals surface area contributed by atoms with Gasteiger partial charge in [0.25, 0.3) is 0 Å². The number of nitriles is 1. The molecule has 0 radical (unpaired) electrons. The highest BCUT2D eigenvalue weighted by Gasteiger charge is 2.60. The van der Waals surface area contributed by atoms with Crippen molar-refractivity contribution in [2.24, 2.45) is 0 Å². The first-order chi connectivity index (χ1) is 13.1. The van der Waals surface area contributed by atoms with Gasteiger partial charge in [0.2, 0.25) is 0 Å². The van der Waals surface area contributed by atoms with Crippen molar-refractivity contribution in [1.82, 2.24) is 29.6 Å². The Bertz CT molecular complexity index is 1140. The van der Waals surface area contributed by atoms with Gasteiger partial charge in [-0.05, 0) is 18.9 Å². The van der Waals surface area contributed by atoms with Crippen LogP contribution in [0.15, 0.2) is 31.0 Å². The zero-order valence-corrected chi connectivity index (χ0v) is 15.3. The van der Waals surface area contributed by atoms with E-state index >= 15 is 0 Å². The zero-order valence-electron chi connectivity index (χ0n) is 14.4. The second-order valence-electron chi connectivity index (χ2n) is 7.29. The minimum atomic E-state index is -2.50. The summed E-state index contributed by atoms with van der Waals surface area (Å²) in [5.41, 5.74) is 1.87. The van der Waals surface area contributed by atoms with E-state index in [2.05, 4.69) is 26.1 Å². The minimum Gasteiger partial charge on any atom is -0.346 e. The van der Waals surface area contributed by atoms with Gasteiger partial charge in [-0.1, -0.05) is 0 Å². The van der Waals surface area contributed by atoms with Gasteiger partial charge >= 0.3 is 0 Å². The summed E-state index contributed by atoms with van der Waals surface area (Å²) >= 11 is 0. The Balaban J connectivity index is 1.48. The number of thiol groups is 1. The number of aromatic nitrogens is 5. The van der Waals surface area contributed by atoms with E-state index in [4.69, 9.17) is 0 Å². The average Bonchev–Trinajstić information content (AvgIpc) is 3.05. The molecular formula is C17H17N7O2S. The third kappa shape index (κ3) is 2.32. The van der Waals surface area contributed by atoms with E-state index < -0.39 is 21.1 Å². The molecule has 3 aromatic heterocycles. The van der Waals surface area contributed by atoms with Crippen LogP contribution >= 0.6 is 0 Å². The SMILES string of the molecule is N#CCC1(n2cc(-c3ncnc4[nH]ccc34)cn2)CN(C2([SH](=O)=O)CC2)C1. The predicted octanol–water partition coefficient (Wildman–Crippen LogP) is 0.847. The fourth-order valence-corrected chi connectivity index (χ4v) is 4.83. The number of nitrogens with zero attached hydrogens (tertiary/aromatic N) is 6. The summed E-state index contributed by atoms with van der Waals surface area (Å²) < 4.78 is 25.0. The molecule has 10 heteroatoms. The van der Waals surface area contributed by atoms with Crippen LogP contribution in [0.4, 0.5) is 0 Å². The lowest BCUT2D eigenvalue weighted by atomic mass is 9.86. The summed E-state index contributed by atoms with van der Waals surface area (Å²) in [7, 11) is -2.50. The molecule has 0 amide bonds. The van der Waals surface area contributed by atoms with Crippen molar-refractivity contribution in [3.8, 4) is 17.3 Å². The van der Waals surface area contributed by atoms with Crippen LogP contribution in [-0.2, 0) is 16.2 Å². The molecule has 1 N–H and O–H groups in total. The summed E-state index contributed by atoms with van der Waals surface area (Å²) in [6.45, 7) is 1.02. The lowest BCUT2D eigenvalue weighted by Crippen LogP contribution is -2.66. The van der Waals surface area contributed by atoms with Crippen molar-refractivity contribution in [2.45, 2.75) is 29.7 Å². The second-order valence-corrected chi connectivity index (χ2v) is 8.64. The van der Waals surface area contributed by atoms with Gasteiger partial charge in [0.15, 0.2) is 10.7 Å². The molecule has 2 fully saturated rings. The van der Waals surface area contributed by atoms with E-state index in [-0.39, 0.29) is 6.42 Å². The van der Waals surface area contributed by atoms with Crippen LogP contribution in [0.3, 0.4) is 0 Å². The Hall–Kier alpha value is -2.77. The van der Waals surface area contributed by atoms with Gasteiger partial charge in [-0.2, -0.15) is 10.4 Å². The predicted molar refractivity (Wildman–Crippen MR) is 97.2 cm³/mol. The minimum absolute atomic E-state index is 0.277. The van der Waals surface area contributed by atoms with E-state index in [1.165, 1.54) is 6.33 Å². The van der Waals surface area contributed by atoms with Crippen LogP contribution in [0.5, 0.6) is 0 Å². The Morgan fingerprint density at radius 2 is 2.11 bits per heavy atom. The van der Waals surface area contributed by atoms with Gasteiger partial charge in [-0.25, -0.2) is 18.4 Å². The lowest BCUT2D eigenvalue weighted by Gasteiger charge is -2.51. The van der Waals surface area contributed by atoms with Crippen molar-refractivity contribution in [1.29, 1.82) is 5.26 Å². The van der Waals surface area contributed by atoms with Crippen molar-refractivity contribution in [3.05, 3.63) is 31.0 Å². The number of nitrogens with one attached hydrogen (secondary N) is 1. The largest absolute Gasteiger partial charge is 0.346 e. The normalized spacial score (nSPS) is 20.4. The summed E-state index contributed by atoms with van der Waals surface area (Å²) in [6.07, 6.45) is 8.56. The van der Waals surface area contributed by atoms with E-state index in [1.54, 1.807) is 10.9 Å². The number of rotatable bonds is 5. The lowest BCUT2D eigenvalue weighted by molar-refractivity contribution is -0.0118. The quantitative estimate of drug-likeness (QED) is 0.627. The van der Waals surface area contributed by atoms with Gasteiger partial charge < -0.3 is 4.98 Å². The Labute approximate surface area is 156 Å². The highest BCUT2D eigenvalue weighted by Crippen LogP contribution is 2.49. The van der Waals surface area contributed by atoms with Crippen molar-refractivity contribution < 1.29 is 8.42 Å². The van der Waals surface area contributed by atoms with Gasteiger partial charge in [0.05, 0.1) is 24.4 Å². The van der Waals surface area contributed by atoms with Crippen LogP contribution in [0.2, 0.25) is 0 Å². The topological polar surface area (TPSA) is 121 Å². The summed E-state index contributed by atoms with van der Waals surface area (Å²) in [6, 6.07) is 4.15. The number of hydrogen-bond acceptors (Lipinski definition) is 7. The molecule has 0 spiro atoms. The zero-order chi connectivity index (χ0) is 18.6. The smallest absolute Gasteiger partial charge is 0.159 e. The molecule has 2 aliphatic rings. The molecular weight excluding hydrogens is 366 g/mol. The molecule has 0 bridgehead atoms. The first-order valence-electron chi connectivity index (χ1n) is 8.68. The number of H-pyrrole nitrogens is 1. The molecule has 138 valence electrons. The van der Waals surface area contributed by atoms with Crippen LogP contribution in [0, 0.1) is 11.3 Å². The van der Waals surface area contributed by atoms with Crippen molar-refractivity contribution in [2.75, 3.05) is 13.1 Å². The van der Waals surface area contributed by atoms with Crippen LogP contribution in [0.1, 0.15) is 19.3 Å². The molecule has 1 aliphatic carbocycles. The van der Waals surface area contributed by atoms with Gasteiger partial charge in [0, 0.05) is 36.4 Å². The summed E-state index contributed by atoms with van der Waals surface area (Å²) in [5, 5.41) is 14.7. The van der Waals surface area contributed by atoms with E-state index in [1.807, 2.05) is 23.4 Å². The van der Waals surface area contributed by atoms with Gasteiger partial charge in [0.1, 0.15) is 22.4 Å². The van der Waals surface area contributed by atoms with E-state index in [9.17, 15) is 13.7 Å². The van der Waals surface area contributed by atoms with Crippen LogP contribution < -0.4 is 0 Å². The van der Waals surface area contributed by atoms with Crippen LogP contribution in [0.25, 0.3) is 22.3 Å². The molecule has 1 saturated heterocycles. The van der Waals surface area contributed by atoms with Gasteiger partial charge in [-0.3, -0.25) is 9.58 Å². The average molecular weight is 383 g/mol. The van der Waals surface area contributed by atoms with Crippen molar-refractivity contribution >= 4 is 21.7 Å². The monoisotopic (exact) mass is 383 g/mol. The van der Waals surface area contributed by atoms with Crippen molar-refractivity contribution in [3.63, 3.8) is 0 Å². The highest BCUT2D eigenvalue weighted by molar-refractivity contribution is 7.74. The van der Waals surface area contributed by atoms with E-state index in [0.29, 0.717) is 25.9 Å². The fraction of sp³-hybridized carbons (Fsp3) is 0.412. The third-order valence-corrected chi connectivity index (χ3v) is 7.11. The number of aromatic amines is 1. The molecule has 0 atom stereocenters. The number of hydrogen-bond donors (Lipinski definition) is 2. The number of fused-ring (bicyclic) bond motifs is 1. The maximum absolute atomic E-state index is 11.6. The molecule has 27 heavy (non-hydrogen) atoms. The molecule has 4 heterocycles. The molecule has 3 aromatic rings. The molecule has 0 unspecified atom stereocenters. The second kappa shape index (κ2) is 5.61. The molecule has 9 nitrogen and oxygen atoms in total. The van der Waals surface area contributed by atoms with Gasteiger partial charge in [-0.15, -0.1) is 0 Å². The first-order valence-corrected chi connectivity index (χ1v) is 9.86. The highest BCUT2D eigenvalue weighted by atomic mass is 32.2. The van der Waals surface area contributed by atoms with Crippen LogP contribution in [-0.4, -0.2) is 56.0 Å². The molecule has 5 rings (SSSR count). The molecule has 1 saturated carbocycles. The summed E-state index contributed by atoms with van der Waals surface area (Å²) in [4.78, 5) is 12.9. The summed E-state index contributed by atoms with van der Waals surface area (Å²) in [5.74, 6) is 0. The molecule has 0 aromatic carbocycles. The maximum atomic E-state index is 11.6.